The van der Waals surface area contributed by atoms with E-state index in [1.54, 1.807) is 12.0 Å². The molecule has 0 unspecified atom stereocenters. The van der Waals surface area contributed by atoms with E-state index in [0.717, 1.165) is 30.0 Å². The standard InChI is InChI=1S/C18H20N2O2/c1-20(12-13-3-7-17(22-2)8-4-13)18(21)14-5-6-15-10-19-11-16(15)9-14/h3-9,19H,10-12H2,1-2H3. The highest BCUT2D eigenvalue weighted by Crippen LogP contribution is 2.19. The van der Waals surface area contributed by atoms with Gasteiger partial charge < -0.3 is 15.0 Å². The van der Waals surface area contributed by atoms with Crippen LogP contribution in [0.25, 0.3) is 0 Å². The smallest absolute Gasteiger partial charge is 0.253 e. The first kappa shape index (κ1) is 14.6. The van der Waals surface area contributed by atoms with Crippen LogP contribution in [0, 0.1) is 0 Å². The summed E-state index contributed by atoms with van der Waals surface area (Å²) in [6.45, 7) is 2.32. The lowest BCUT2D eigenvalue weighted by Gasteiger charge is -2.18. The number of ether oxygens (including phenoxy) is 1. The lowest BCUT2D eigenvalue weighted by molar-refractivity contribution is 0.0785. The molecule has 1 aliphatic heterocycles. The Labute approximate surface area is 130 Å². The zero-order chi connectivity index (χ0) is 15.5. The number of fused-ring (bicyclic) bond motifs is 1. The molecular formula is C18H20N2O2. The molecule has 1 amide bonds. The van der Waals surface area contributed by atoms with Gasteiger partial charge in [0.2, 0.25) is 0 Å². The fourth-order valence-corrected chi connectivity index (χ4v) is 2.72. The number of hydrogen-bond acceptors (Lipinski definition) is 3. The van der Waals surface area contributed by atoms with Crippen molar-refractivity contribution < 1.29 is 9.53 Å². The van der Waals surface area contributed by atoms with Gasteiger partial charge in [0.1, 0.15) is 5.75 Å². The van der Waals surface area contributed by atoms with Crippen molar-refractivity contribution in [1.82, 2.24) is 10.2 Å². The summed E-state index contributed by atoms with van der Waals surface area (Å²) in [6, 6.07) is 13.7. The minimum absolute atomic E-state index is 0.0468. The second-order valence-corrected chi connectivity index (χ2v) is 5.60. The maximum absolute atomic E-state index is 12.6. The van der Waals surface area contributed by atoms with Gasteiger partial charge in [-0.25, -0.2) is 0 Å². The molecule has 114 valence electrons. The number of carbonyl (C=O) groups excluding carboxylic acids is 1. The first-order valence-corrected chi connectivity index (χ1v) is 7.38. The van der Waals surface area contributed by atoms with E-state index in [9.17, 15) is 4.79 Å². The first-order chi connectivity index (χ1) is 10.7. The van der Waals surface area contributed by atoms with Crippen molar-refractivity contribution in [2.75, 3.05) is 14.2 Å². The fourth-order valence-electron chi connectivity index (χ4n) is 2.72. The Balaban J connectivity index is 1.71. The third kappa shape index (κ3) is 2.97. The number of nitrogens with zero attached hydrogens (tertiary/aromatic N) is 1. The van der Waals surface area contributed by atoms with Crippen LogP contribution in [0.4, 0.5) is 0 Å². The van der Waals surface area contributed by atoms with Gasteiger partial charge in [-0.05, 0) is 41.0 Å². The molecule has 0 radical (unpaired) electrons. The first-order valence-electron chi connectivity index (χ1n) is 7.38. The third-order valence-corrected chi connectivity index (χ3v) is 4.01. The van der Waals surface area contributed by atoms with Crippen molar-refractivity contribution >= 4 is 5.91 Å². The molecule has 0 bridgehead atoms. The highest BCUT2D eigenvalue weighted by molar-refractivity contribution is 5.94. The number of rotatable bonds is 4. The maximum Gasteiger partial charge on any atom is 0.253 e. The van der Waals surface area contributed by atoms with Gasteiger partial charge in [0.05, 0.1) is 7.11 Å². The van der Waals surface area contributed by atoms with E-state index < -0.39 is 0 Å². The number of amides is 1. The normalized spacial score (nSPS) is 12.8. The summed E-state index contributed by atoms with van der Waals surface area (Å²) in [5.41, 5.74) is 4.34. The summed E-state index contributed by atoms with van der Waals surface area (Å²) in [5, 5.41) is 3.30. The van der Waals surface area contributed by atoms with Gasteiger partial charge >= 0.3 is 0 Å². The summed E-state index contributed by atoms with van der Waals surface area (Å²) >= 11 is 0. The molecule has 0 saturated carbocycles. The van der Waals surface area contributed by atoms with Crippen LogP contribution in [0.2, 0.25) is 0 Å². The highest BCUT2D eigenvalue weighted by atomic mass is 16.5. The average molecular weight is 296 g/mol. The van der Waals surface area contributed by atoms with E-state index in [1.807, 2.05) is 49.5 Å². The Hall–Kier alpha value is -2.33. The predicted octanol–water partition coefficient (Wildman–Crippen LogP) is 2.57. The van der Waals surface area contributed by atoms with E-state index in [4.69, 9.17) is 4.74 Å². The number of benzene rings is 2. The van der Waals surface area contributed by atoms with Crippen molar-refractivity contribution in [3.8, 4) is 5.75 Å². The molecular weight excluding hydrogens is 276 g/mol. The molecule has 1 heterocycles. The molecule has 22 heavy (non-hydrogen) atoms. The van der Waals surface area contributed by atoms with Gasteiger partial charge in [0.15, 0.2) is 0 Å². The summed E-state index contributed by atoms with van der Waals surface area (Å²) in [4.78, 5) is 14.3. The lowest BCUT2D eigenvalue weighted by atomic mass is 10.1. The van der Waals surface area contributed by atoms with Crippen molar-refractivity contribution in [1.29, 1.82) is 0 Å². The van der Waals surface area contributed by atoms with Crippen molar-refractivity contribution in [3.63, 3.8) is 0 Å². The van der Waals surface area contributed by atoms with Gasteiger partial charge in [-0.15, -0.1) is 0 Å². The van der Waals surface area contributed by atoms with Crippen molar-refractivity contribution in [2.45, 2.75) is 19.6 Å². The van der Waals surface area contributed by atoms with Crippen LogP contribution in [-0.2, 0) is 19.6 Å². The summed E-state index contributed by atoms with van der Waals surface area (Å²) < 4.78 is 5.15. The van der Waals surface area contributed by atoms with Gasteiger partial charge in [-0.3, -0.25) is 4.79 Å². The van der Waals surface area contributed by atoms with Crippen LogP contribution >= 0.6 is 0 Å². The van der Waals surface area contributed by atoms with Crippen LogP contribution in [0.3, 0.4) is 0 Å². The molecule has 2 aromatic rings. The van der Waals surface area contributed by atoms with Crippen LogP contribution in [0.1, 0.15) is 27.0 Å². The number of methoxy groups -OCH3 is 1. The van der Waals surface area contributed by atoms with Crippen LogP contribution in [-0.4, -0.2) is 25.0 Å². The fraction of sp³-hybridized carbons (Fsp3) is 0.278. The number of hydrogen-bond donors (Lipinski definition) is 1. The summed E-state index contributed by atoms with van der Waals surface area (Å²) in [6.07, 6.45) is 0. The van der Waals surface area contributed by atoms with E-state index in [-0.39, 0.29) is 5.91 Å². The average Bonchev–Trinajstić information content (AvgIpc) is 3.02. The molecule has 0 aromatic heterocycles. The van der Waals surface area contributed by atoms with Crippen molar-refractivity contribution in [2.24, 2.45) is 0 Å². The molecule has 0 atom stereocenters. The second kappa shape index (κ2) is 6.20. The molecule has 0 aliphatic carbocycles. The minimum atomic E-state index is 0.0468. The zero-order valence-corrected chi connectivity index (χ0v) is 12.9. The molecule has 4 heteroatoms. The van der Waals surface area contributed by atoms with Crippen LogP contribution in [0.15, 0.2) is 42.5 Å². The van der Waals surface area contributed by atoms with Gasteiger partial charge in [-0.2, -0.15) is 0 Å². The van der Waals surface area contributed by atoms with Gasteiger partial charge in [0, 0.05) is 32.2 Å². The van der Waals surface area contributed by atoms with E-state index in [1.165, 1.54) is 11.1 Å². The lowest BCUT2D eigenvalue weighted by Crippen LogP contribution is -2.26. The largest absolute Gasteiger partial charge is 0.497 e. The molecule has 0 spiro atoms. The van der Waals surface area contributed by atoms with E-state index in [0.29, 0.717) is 6.54 Å². The Bertz CT molecular complexity index is 680. The highest BCUT2D eigenvalue weighted by Gasteiger charge is 2.16. The monoisotopic (exact) mass is 296 g/mol. The molecule has 2 aromatic carbocycles. The van der Waals surface area contributed by atoms with Gasteiger partial charge in [0.25, 0.3) is 5.91 Å². The molecule has 0 fully saturated rings. The van der Waals surface area contributed by atoms with E-state index in [2.05, 4.69) is 5.32 Å². The number of carbonyl (C=O) groups is 1. The molecule has 4 nitrogen and oxygen atoms in total. The molecule has 0 saturated heterocycles. The van der Waals surface area contributed by atoms with Crippen LogP contribution in [0.5, 0.6) is 5.75 Å². The minimum Gasteiger partial charge on any atom is -0.497 e. The Morgan fingerprint density at radius 1 is 1.14 bits per heavy atom. The zero-order valence-electron chi connectivity index (χ0n) is 12.9. The SMILES string of the molecule is COc1ccc(CN(C)C(=O)c2ccc3c(c2)CNC3)cc1. The topological polar surface area (TPSA) is 41.6 Å². The van der Waals surface area contributed by atoms with E-state index >= 15 is 0 Å². The Kier molecular flexibility index (Phi) is 4.11. The molecule has 1 aliphatic rings. The molecule has 1 N–H and O–H groups in total. The third-order valence-electron chi connectivity index (χ3n) is 4.01. The van der Waals surface area contributed by atoms with Gasteiger partial charge in [-0.1, -0.05) is 18.2 Å². The quantitative estimate of drug-likeness (QED) is 0.943. The Morgan fingerprint density at radius 2 is 1.86 bits per heavy atom. The molecule has 3 rings (SSSR count). The van der Waals surface area contributed by atoms with Crippen molar-refractivity contribution in [3.05, 3.63) is 64.7 Å². The second-order valence-electron chi connectivity index (χ2n) is 5.60. The maximum atomic E-state index is 12.6. The summed E-state index contributed by atoms with van der Waals surface area (Å²) in [5.74, 6) is 0.870. The number of nitrogens with one attached hydrogen (secondary N) is 1. The Morgan fingerprint density at radius 3 is 2.59 bits per heavy atom. The predicted molar refractivity (Wildman–Crippen MR) is 85.8 cm³/mol. The van der Waals surface area contributed by atoms with Crippen LogP contribution < -0.4 is 10.1 Å². The summed E-state index contributed by atoms with van der Waals surface area (Å²) in [7, 11) is 3.48.